The quantitative estimate of drug-likeness (QED) is 0.254. The van der Waals surface area contributed by atoms with Crippen molar-refractivity contribution in [3.63, 3.8) is 0 Å². The van der Waals surface area contributed by atoms with Crippen LogP contribution in [0, 0.1) is 0 Å². The first-order valence-corrected chi connectivity index (χ1v) is 10.7. The summed E-state index contributed by atoms with van der Waals surface area (Å²) in [6.45, 7) is -4.09. The van der Waals surface area contributed by atoms with Crippen molar-refractivity contribution < 1.29 is 36.6 Å². The van der Waals surface area contributed by atoms with Crippen molar-refractivity contribution in [3.8, 4) is 11.5 Å². The number of halogens is 4. The normalized spacial score (nSPS) is 11.0. The van der Waals surface area contributed by atoms with Gasteiger partial charge in [0.25, 0.3) is 0 Å². The summed E-state index contributed by atoms with van der Waals surface area (Å²) in [6.07, 6.45) is 1.77. The van der Waals surface area contributed by atoms with E-state index >= 15 is 0 Å². The number of benzene rings is 2. The number of carbonyl (C=O) groups excluding carboxylic acids is 1. The minimum atomic E-state index is -3.22. The number of ether oxygens (including phenoxy) is 3. The topological polar surface area (TPSA) is 60.9 Å². The number of carbonyl (C=O) groups is 1. The summed E-state index contributed by atoms with van der Waals surface area (Å²) in [7, 11) is 0. The van der Waals surface area contributed by atoms with Crippen LogP contribution in [-0.2, 0) is 22.5 Å². The van der Waals surface area contributed by atoms with Crippen LogP contribution in [0.25, 0.3) is 0 Å². The number of rotatable bonds is 11. The van der Waals surface area contributed by atoms with Gasteiger partial charge in [0.1, 0.15) is 0 Å². The molecule has 0 spiro atoms. The molecule has 0 aliphatic carbocycles. The molecule has 2 aromatic carbocycles. The highest BCUT2D eigenvalue weighted by molar-refractivity contribution is 7.09. The van der Waals surface area contributed by atoms with Gasteiger partial charge in [-0.3, -0.25) is 9.78 Å². The van der Waals surface area contributed by atoms with Gasteiger partial charge in [-0.25, -0.2) is 0 Å². The number of nitrogens with zero attached hydrogens (tertiary/aromatic N) is 2. The zero-order valence-electron chi connectivity index (χ0n) is 17.4. The summed E-state index contributed by atoms with van der Waals surface area (Å²) in [5, 5.41) is 0. The Morgan fingerprint density at radius 3 is 2.27 bits per heavy atom. The number of alkyl halides is 4. The van der Waals surface area contributed by atoms with E-state index in [1.54, 1.807) is 47.8 Å². The maximum absolute atomic E-state index is 12.9. The van der Waals surface area contributed by atoms with Crippen molar-refractivity contribution in [1.82, 2.24) is 4.98 Å². The number of anilines is 2. The second-order valence-corrected chi connectivity index (χ2v) is 7.56. The molecular weight excluding hydrogens is 464 g/mol. The van der Waals surface area contributed by atoms with Crippen LogP contribution in [0.5, 0.6) is 11.5 Å². The highest BCUT2D eigenvalue weighted by Gasteiger charge is 2.19. The Morgan fingerprint density at radius 2 is 1.67 bits per heavy atom. The molecule has 0 aliphatic heterocycles. The molecule has 0 saturated heterocycles. The summed E-state index contributed by atoms with van der Waals surface area (Å²) in [6, 6.07) is 10.8. The van der Waals surface area contributed by atoms with Crippen LogP contribution < -0.4 is 14.4 Å². The van der Waals surface area contributed by atoms with Gasteiger partial charge in [-0.15, -0.1) is 11.3 Å². The molecule has 0 bridgehead atoms. The van der Waals surface area contributed by atoms with Crippen molar-refractivity contribution >= 4 is 28.7 Å². The van der Waals surface area contributed by atoms with Gasteiger partial charge < -0.3 is 19.1 Å². The molecule has 0 amide bonds. The third-order valence-corrected chi connectivity index (χ3v) is 5.13. The molecule has 0 atom stereocenters. The van der Waals surface area contributed by atoms with Gasteiger partial charge in [-0.05, 0) is 36.8 Å². The van der Waals surface area contributed by atoms with Crippen LogP contribution in [-0.4, -0.2) is 30.8 Å². The van der Waals surface area contributed by atoms with E-state index in [9.17, 15) is 22.4 Å². The molecule has 11 heteroatoms. The molecule has 3 aromatic rings. The van der Waals surface area contributed by atoms with E-state index in [1.165, 1.54) is 23.5 Å². The number of thiazole rings is 1. The fourth-order valence-electron chi connectivity index (χ4n) is 3.03. The summed E-state index contributed by atoms with van der Waals surface area (Å²) < 4.78 is 64.8. The van der Waals surface area contributed by atoms with E-state index in [-0.39, 0.29) is 19.0 Å². The van der Waals surface area contributed by atoms with Gasteiger partial charge in [0.2, 0.25) is 0 Å². The summed E-state index contributed by atoms with van der Waals surface area (Å²) in [5.41, 5.74) is 3.46. The lowest BCUT2D eigenvalue weighted by Gasteiger charge is -2.26. The van der Waals surface area contributed by atoms with Gasteiger partial charge in [-0.2, -0.15) is 17.6 Å². The molecule has 3 rings (SSSR count). The molecule has 0 radical (unpaired) electrons. The Kier molecular flexibility index (Phi) is 8.47. The van der Waals surface area contributed by atoms with E-state index in [4.69, 9.17) is 4.74 Å². The van der Waals surface area contributed by atoms with E-state index in [0.717, 1.165) is 16.5 Å². The Hall–Kier alpha value is -3.34. The summed E-state index contributed by atoms with van der Waals surface area (Å²) in [5.74, 6) is -1.37. The van der Waals surface area contributed by atoms with Gasteiger partial charge in [0.15, 0.2) is 11.5 Å². The van der Waals surface area contributed by atoms with E-state index in [0.29, 0.717) is 17.9 Å². The van der Waals surface area contributed by atoms with Crippen LogP contribution in [0.15, 0.2) is 54.2 Å². The average molecular weight is 484 g/mol. The Bertz CT molecular complexity index is 1030. The van der Waals surface area contributed by atoms with Crippen molar-refractivity contribution in [1.29, 1.82) is 0 Å². The monoisotopic (exact) mass is 484 g/mol. The third-order valence-electron chi connectivity index (χ3n) is 4.37. The maximum Gasteiger partial charge on any atom is 0.387 e. The highest BCUT2D eigenvalue weighted by atomic mass is 32.1. The van der Waals surface area contributed by atoms with Crippen LogP contribution in [0.1, 0.15) is 17.4 Å². The van der Waals surface area contributed by atoms with Crippen LogP contribution in [0.4, 0.5) is 28.9 Å². The van der Waals surface area contributed by atoms with Crippen LogP contribution in [0.3, 0.4) is 0 Å². The molecule has 0 saturated carbocycles. The number of esters is 1. The Labute approximate surface area is 191 Å². The Balaban J connectivity index is 1.94. The fourth-order valence-corrected chi connectivity index (χ4v) is 3.61. The van der Waals surface area contributed by atoms with Crippen molar-refractivity contribution in [2.45, 2.75) is 33.1 Å². The van der Waals surface area contributed by atoms with E-state index < -0.39 is 24.7 Å². The van der Waals surface area contributed by atoms with E-state index in [1.807, 2.05) is 0 Å². The zero-order chi connectivity index (χ0) is 23.8. The average Bonchev–Trinajstić information content (AvgIpc) is 3.27. The first kappa shape index (κ1) is 24.3. The molecule has 6 nitrogen and oxygen atoms in total. The Morgan fingerprint density at radius 1 is 1.00 bits per heavy atom. The SMILES string of the molecule is CCOC(=O)Cc1ccc(N(Cc2cncs2)c2ccc(OC(F)F)c(OC(F)F)c2)cc1. The second kappa shape index (κ2) is 11.5. The zero-order valence-corrected chi connectivity index (χ0v) is 18.2. The lowest BCUT2D eigenvalue weighted by atomic mass is 10.1. The molecule has 0 unspecified atom stereocenters. The molecule has 176 valence electrons. The summed E-state index contributed by atoms with van der Waals surface area (Å²) >= 11 is 1.39. The number of aromatic nitrogens is 1. The molecule has 0 N–H and O–H groups in total. The van der Waals surface area contributed by atoms with Gasteiger partial charge in [0.05, 0.1) is 25.1 Å². The second-order valence-electron chi connectivity index (χ2n) is 6.59. The molecule has 33 heavy (non-hydrogen) atoms. The van der Waals surface area contributed by atoms with Gasteiger partial charge in [0, 0.05) is 28.5 Å². The van der Waals surface area contributed by atoms with Crippen molar-refractivity contribution in [3.05, 3.63) is 64.6 Å². The van der Waals surface area contributed by atoms with Crippen LogP contribution >= 0.6 is 11.3 Å². The van der Waals surface area contributed by atoms with Crippen molar-refractivity contribution in [2.75, 3.05) is 11.5 Å². The lowest BCUT2D eigenvalue weighted by Crippen LogP contribution is -2.17. The molecule has 1 aromatic heterocycles. The highest BCUT2D eigenvalue weighted by Crippen LogP contribution is 2.37. The van der Waals surface area contributed by atoms with E-state index in [2.05, 4.69) is 14.5 Å². The smallest absolute Gasteiger partial charge is 0.387 e. The lowest BCUT2D eigenvalue weighted by molar-refractivity contribution is -0.142. The largest absolute Gasteiger partial charge is 0.466 e. The molecule has 1 heterocycles. The molecule has 0 fully saturated rings. The predicted molar refractivity (Wildman–Crippen MR) is 114 cm³/mol. The number of hydrogen-bond donors (Lipinski definition) is 0. The predicted octanol–water partition coefficient (Wildman–Crippen LogP) is 5.79. The van der Waals surface area contributed by atoms with Crippen LogP contribution in [0.2, 0.25) is 0 Å². The summed E-state index contributed by atoms with van der Waals surface area (Å²) in [4.78, 5) is 18.4. The third kappa shape index (κ3) is 7.07. The fraction of sp³-hybridized carbons (Fsp3) is 0.273. The first-order valence-electron chi connectivity index (χ1n) is 9.78. The molecule has 0 aliphatic rings. The molecular formula is C22H20F4N2O4S. The van der Waals surface area contributed by atoms with Gasteiger partial charge in [-0.1, -0.05) is 12.1 Å². The first-order chi connectivity index (χ1) is 15.9. The standard InChI is InChI=1S/C22H20F4N2O4S/c1-2-30-20(29)9-14-3-5-15(6-4-14)28(12-17-11-27-13-33-17)16-7-8-18(31-21(23)24)19(10-16)32-22(25)26/h3-8,10-11,13,21-22H,2,9,12H2,1H3. The maximum atomic E-state index is 12.9. The number of hydrogen-bond acceptors (Lipinski definition) is 7. The minimum Gasteiger partial charge on any atom is -0.466 e. The van der Waals surface area contributed by atoms with Crippen molar-refractivity contribution in [2.24, 2.45) is 0 Å². The minimum absolute atomic E-state index is 0.106. The van der Waals surface area contributed by atoms with Gasteiger partial charge >= 0.3 is 19.2 Å².